The second kappa shape index (κ2) is 4.48. The first-order chi connectivity index (χ1) is 7.81. The lowest BCUT2D eigenvalue weighted by atomic mass is 10.3. The molecule has 0 spiro atoms. The fraction of sp³-hybridized carbons (Fsp3) is 0.0909. The molecule has 0 atom stereocenters. The van der Waals surface area contributed by atoms with E-state index in [0.717, 1.165) is 0 Å². The molecule has 0 unspecified atom stereocenters. The van der Waals surface area contributed by atoms with E-state index in [4.69, 9.17) is 15.2 Å². The minimum absolute atomic E-state index is 0.253. The summed E-state index contributed by atoms with van der Waals surface area (Å²) in [7, 11) is 1.49. The molecule has 0 fully saturated rings. The lowest BCUT2D eigenvalue weighted by Gasteiger charge is -2.09. The van der Waals surface area contributed by atoms with Crippen LogP contribution in [0.5, 0.6) is 17.4 Å². The maximum Gasteiger partial charge on any atom is 0.268 e. The van der Waals surface area contributed by atoms with E-state index < -0.39 is 0 Å². The average Bonchev–Trinajstić information content (AvgIpc) is 2.31. The standard InChI is InChI=1S/C11H11N3O2/c1-15-9-10(12)13-7-14-11(9)16-8-5-3-2-4-6-8/h2-7H,1H3,(H2,12,13,14). The summed E-state index contributed by atoms with van der Waals surface area (Å²) < 4.78 is 10.6. The van der Waals surface area contributed by atoms with Crippen LogP contribution in [-0.4, -0.2) is 17.1 Å². The lowest BCUT2D eigenvalue weighted by molar-refractivity contribution is 0.369. The summed E-state index contributed by atoms with van der Waals surface area (Å²) in [5.41, 5.74) is 5.63. The number of aromatic nitrogens is 2. The zero-order valence-corrected chi connectivity index (χ0v) is 8.75. The third-order valence-electron chi connectivity index (χ3n) is 1.96. The van der Waals surface area contributed by atoms with Crippen molar-refractivity contribution in [2.75, 3.05) is 12.8 Å². The van der Waals surface area contributed by atoms with E-state index in [0.29, 0.717) is 17.4 Å². The Labute approximate surface area is 92.9 Å². The Bertz CT molecular complexity index is 474. The molecule has 1 heterocycles. The number of anilines is 1. The Kier molecular flexibility index (Phi) is 2.86. The van der Waals surface area contributed by atoms with Crippen molar-refractivity contribution in [3.8, 4) is 17.4 Å². The Morgan fingerprint density at radius 2 is 1.88 bits per heavy atom. The molecule has 0 aliphatic carbocycles. The SMILES string of the molecule is COc1c(N)ncnc1Oc1ccccc1. The van der Waals surface area contributed by atoms with Crippen molar-refractivity contribution < 1.29 is 9.47 Å². The summed E-state index contributed by atoms with van der Waals surface area (Å²) in [5.74, 6) is 1.56. The van der Waals surface area contributed by atoms with Crippen molar-refractivity contribution in [1.82, 2.24) is 9.97 Å². The van der Waals surface area contributed by atoms with Gasteiger partial charge in [-0.2, -0.15) is 4.98 Å². The van der Waals surface area contributed by atoms with Crippen LogP contribution >= 0.6 is 0 Å². The van der Waals surface area contributed by atoms with Gasteiger partial charge in [-0.05, 0) is 12.1 Å². The van der Waals surface area contributed by atoms with Crippen LogP contribution in [0.2, 0.25) is 0 Å². The molecule has 1 aromatic carbocycles. The molecular weight excluding hydrogens is 206 g/mol. The van der Waals surface area contributed by atoms with E-state index in [1.165, 1.54) is 13.4 Å². The van der Waals surface area contributed by atoms with Gasteiger partial charge in [0.25, 0.3) is 5.88 Å². The highest BCUT2D eigenvalue weighted by atomic mass is 16.5. The fourth-order valence-corrected chi connectivity index (χ4v) is 1.24. The predicted octanol–water partition coefficient (Wildman–Crippen LogP) is 1.86. The first-order valence-electron chi connectivity index (χ1n) is 4.68. The second-order valence-electron chi connectivity index (χ2n) is 3.01. The summed E-state index contributed by atoms with van der Waals surface area (Å²) in [5, 5.41) is 0. The van der Waals surface area contributed by atoms with Gasteiger partial charge >= 0.3 is 0 Å². The number of benzene rings is 1. The lowest BCUT2D eigenvalue weighted by Crippen LogP contribution is -2.00. The maximum absolute atomic E-state index is 5.63. The van der Waals surface area contributed by atoms with Gasteiger partial charge in [-0.3, -0.25) is 0 Å². The summed E-state index contributed by atoms with van der Waals surface area (Å²) in [6.45, 7) is 0. The topological polar surface area (TPSA) is 70.3 Å². The number of nitrogens with zero attached hydrogens (tertiary/aromatic N) is 2. The quantitative estimate of drug-likeness (QED) is 0.849. The molecule has 82 valence electrons. The molecule has 0 radical (unpaired) electrons. The van der Waals surface area contributed by atoms with Crippen molar-refractivity contribution in [3.05, 3.63) is 36.7 Å². The van der Waals surface area contributed by atoms with Crippen LogP contribution in [0.25, 0.3) is 0 Å². The van der Waals surface area contributed by atoms with E-state index in [-0.39, 0.29) is 5.82 Å². The monoisotopic (exact) mass is 217 g/mol. The van der Waals surface area contributed by atoms with Crippen LogP contribution in [0.4, 0.5) is 5.82 Å². The number of rotatable bonds is 3. The van der Waals surface area contributed by atoms with E-state index in [1.807, 2.05) is 30.3 Å². The smallest absolute Gasteiger partial charge is 0.268 e. The van der Waals surface area contributed by atoms with E-state index in [2.05, 4.69) is 9.97 Å². The van der Waals surface area contributed by atoms with E-state index in [9.17, 15) is 0 Å². The zero-order chi connectivity index (χ0) is 11.4. The Morgan fingerprint density at radius 1 is 1.12 bits per heavy atom. The van der Waals surface area contributed by atoms with Crippen LogP contribution in [0.1, 0.15) is 0 Å². The number of para-hydroxylation sites is 1. The molecule has 0 bridgehead atoms. The molecular formula is C11H11N3O2. The van der Waals surface area contributed by atoms with Crippen molar-refractivity contribution >= 4 is 5.82 Å². The summed E-state index contributed by atoms with van der Waals surface area (Å²) in [6.07, 6.45) is 1.33. The zero-order valence-electron chi connectivity index (χ0n) is 8.75. The first-order valence-corrected chi connectivity index (χ1v) is 4.68. The Hall–Kier alpha value is -2.30. The number of hydrogen-bond donors (Lipinski definition) is 1. The molecule has 16 heavy (non-hydrogen) atoms. The molecule has 5 nitrogen and oxygen atoms in total. The largest absolute Gasteiger partial charge is 0.489 e. The number of hydrogen-bond acceptors (Lipinski definition) is 5. The molecule has 1 aromatic heterocycles. The molecule has 2 rings (SSSR count). The summed E-state index contributed by atoms with van der Waals surface area (Å²) in [4.78, 5) is 7.78. The van der Waals surface area contributed by atoms with Crippen LogP contribution in [-0.2, 0) is 0 Å². The molecule has 2 N–H and O–H groups in total. The van der Waals surface area contributed by atoms with Gasteiger partial charge in [-0.25, -0.2) is 4.98 Å². The molecule has 0 saturated carbocycles. The first kappa shape index (κ1) is 10.2. The number of nitrogen functional groups attached to an aromatic ring is 1. The summed E-state index contributed by atoms with van der Waals surface area (Å²) in [6, 6.07) is 9.27. The van der Waals surface area contributed by atoms with E-state index >= 15 is 0 Å². The second-order valence-corrected chi connectivity index (χ2v) is 3.01. The van der Waals surface area contributed by atoms with Crippen molar-refractivity contribution in [3.63, 3.8) is 0 Å². The minimum Gasteiger partial charge on any atom is -0.489 e. The minimum atomic E-state index is 0.253. The van der Waals surface area contributed by atoms with Crippen molar-refractivity contribution in [2.24, 2.45) is 0 Å². The van der Waals surface area contributed by atoms with Gasteiger partial charge in [0.15, 0.2) is 5.82 Å². The Balaban J connectivity index is 2.31. The van der Waals surface area contributed by atoms with Crippen LogP contribution in [0.3, 0.4) is 0 Å². The predicted molar refractivity (Wildman–Crippen MR) is 59.5 cm³/mol. The highest BCUT2D eigenvalue weighted by molar-refractivity contribution is 5.52. The normalized spacial score (nSPS) is 9.81. The molecule has 2 aromatic rings. The molecule has 0 aliphatic heterocycles. The van der Waals surface area contributed by atoms with Gasteiger partial charge < -0.3 is 15.2 Å². The fourth-order valence-electron chi connectivity index (χ4n) is 1.24. The van der Waals surface area contributed by atoms with Crippen molar-refractivity contribution in [1.29, 1.82) is 0 Å². The number of ether oxygens (including phenoxy) is 2. The van der Waals surface area contributed by atoms with Crippen molar-refractivity contribution in [2.45, 2.75) is 0 Å². The molecule has 0 aliphatic rings. The van der Waals surface area contributed by atoms with Gasteiger partial charge in [0, 0.05) is 0 Å². The van der Waals surface area contributed by atoms with Gasteiger partial charge in [0.05, 0.1) is 7.11 Å². The highest BCUT2D eigenvalue weighted by Gasteiger charge is 2.11. The van der Waals surface area contributed by atoms with Crippen LogP contribution < -0.4 is 15.2 Å². The highest BCUT2D eigenvalue weighted by Crippen LogP contribution is 2.31. The van der Waals surface area contributed by atoms with Gasteiger partial charge in [0.1, 0.15) is 12.1 Å². The molecule has 0 saturated heterocycles. The molecule has 0 amide bonds. The average molecular weight is 217 g/mol. The number of methoxy groups -OCH3 is 1. The Morgan fingerprint density at radius 3 is 2.56 bits per heavy atom. The molecule has 5 heteroatoms. The van der Waals surface area contributed by atoms with Gasteiger partial charge in [0.2, 0.25) is 5.75 Å². The third-order valence-corrected chi connectivity index (χ3v) is 1.96. The maximum atomic E-state index is 5.63. The van der Waals surface area contributed by atoms with Gasteiger partial charge in [-0.1, -0.05) is 18.2 Å². The van der Waals surface area contributed by atoms with Crippen LogP contribution in [0.15, 0.2) is 36.7 Å². The van der Waals surface area contributed by atoms with Crippen LogP contribution in [0, 0.1) is 0 Å². The van der Waals surface area contributed by atoms with Gasteiger partial charge in [-0.15, -0.1) is 0 Å². The third kappa shape index (κ3) is 2.03. The summed E-state index contributed by atoms with van der Waals surface area (Å²) >= 11 is 0. The van der Waals surface area contributed by atoms with E-state index in [1.54, 1.807) is 0 Å². The number of nitrogens with two attached hydrogens (primary N) is 1.